The van der Waals surface area contributed by atoms with E-state index in [-0.39, 0.29) is 6.61 Å². The number of hydrogen-bond acceptors (Lipinski definition) is 1. The molecule has 0 aromatic heterocycles. The third-order valence-electron chi connectivity index (χ3n) is 1.79. The standard InChI is InChI=1S/C5H8F2O/c1-3-4(2-8)5(3,6)7/h3-4,8H,2H2,1H3/t3-,4-/m0/s1. The van der Waals surface area contributed by atoms with Gasteiger partial charge in [0, 0.05) is 5.92 Å². The molecule has 0 amide bonds. The molecule has 48 valence electrons. The highest BCUT2D eigenvalue weighted by Gasteiger charge is 2.64. The molecule has 0 unspecified atom stereocenters. The quantitative estimate of drug-likeness (QED) is 0.547. The maximum atomic E-state index is 12.0. The van der Waals surface area contributed by atoms with Gasteiger partial charge in [0.05, 0.1) is 12.5 Å². The van der Waals surface area contributed by atoms with Crippen molar-refractivity contribution < 1.29 is 13.9 Å². The Kier molecular flexibility index (Phi) is 1.05. The van der Waals surface area contributed by atoms with Crippen molar-refractivity contribution in [1.29, 1.82) is 0 Å². The molecule has 1 aliphatic rings. The first kappa shape index (κ1) is 5.95. The third kappa shape index (κ3) is 0.540. The summed E-state index contributed by atoms with van der Waals surface area (Å²) in [5.74, 6) is -3.94. The first-order valence-corrected chi connectivity index (χ1v) is 2.59. The van der Waals surface area contributed by atoms with E-state index in [9.17, 15) is 8.78 Å². The topological polar surface area (TPSA) is 20.2 Å². The van der Waals surface area contributed by atoms with Crippen LogP contribution in [-0.2, 0) is 0 Å². The molecule has 0 radical (unpaired) electrons. The summed E-state index contributed by atoms with van der Waals surface area (Å²) >= 11 is 0. The Morgan fingerprint density at radius 3 is 2.00 bits per heavy atom. The van der Waals surface area contributed by atoms with Crippen molar-refractivity contribution in [3.63, 3.8) is 0 Å². The second-order valence-corrected chi connectivity index (χ2v) is 2.25. The van der Waals surface area contributed by atoms with Crippen LogP contribution in [0.2, 0.25) is 0 Å². The minimum Gasteiger partial charge on any atom is -0.396 e. The number of hydrogen-bond donors (Lipinski definition) is 1. The van der Waals surface area contributed by atoms with Gasteiger partial charge in [0.1, 0.15) is 0 Å². The fraction of sp³-hybridized carbons (Fsp3) is 1.00. The average molecular weight is 122 g/mol. The molecule has 2 atom stereocenters. The Balaban J connectivity index is 2.45. The van der Waals surface area contributed by atoms with Crippen LogP contribution in [0, 0.1) is 11.8 Å². The van der Waals surface area contributed by atoms with Gasteiger partial charge in [0.25, 0.3) is 5.92 Å². The van der Waals surface area contributed by atoms with Crippen LogP contribution in [0.15, 0.2) is 0 Å². The number of halogens is 2. The number of rotatable bonds is 1. The Bertz CT molecular complexity index is 103. The maximum Gasteiger partial charge on any atom is 0.256 e. The van der Waals surface area contributed by atoms with E-state index in [0.29, 0.717) is 0 Å². The zero-order chi connectivity index (χ0) is 6.36. The molecular weight excluding hydrogens is 114 g/mol. The Morgan fingerprint density at radius 1 is 1.62 bits per heavy atom. The molecule has 0 spiro atoms. The zero-order valence-electron chi connectivity index (χ0n) is 4.56. The smallest absolute Gasteiger partial charge is 0.256 e. The van der Waals surface area contributed by atoms with Gasteiger partial charge in [0.2, 0.25) is 0 Å². The van der Waals surface area contributed by atoms with Gasteiger partial charge in [-0.05, 0) is 0 Å². The average Bonchev–Trinajstić information content (AvgIpc) is 2.09. The molecule has 1 rings (SSSR count). The largest absolute Gasteiger partial charge is 0.396 e. The van der Waals surface area contributed by atoms with E-state index in [1.807, 2.05) is 0 Å². The summed E-state index contributed by atoms with van der Waals surface area (Å²) in [7, 11) is 0. The van der Waals surface area contributed by atoms with Crippen LogP contribution in [0.3, 0.4) is 0 Å². The Labute approximate surface area is 46.3 Å². The lowest BCUT2D eigenvalue weighted by Gasteiger charge is -1.87. The van der Waals surface area contributed by atoms with Crippen molar-refractivity contribution >= 4 is 0 Å². The molecule has 0 heterocycles. The Hall–Kier alpha value is -0.180. The van der Waals surface area contributed by atoms with Crippen molar-refractivity contribution in [2.24, 2.45) is 11.8 Å². The molecular formula is C5H8F2O. The lowest BCUT2D eigenvalue weighted by atomic mass is 10.4. The summed E-state index contributed by atoms with van der Waals surface area (Å²) < 4.78 is 24.1. The van der Waals surface area contributed by atoms with Crippen molar-refractivity contribution in [2.45, 2.75) is 12.8 Å². The van der Waals surface area contributed by atoms with Crippen LogP contribution >= 0.6 is 0 Å². The lowest BCUT2D eigenvalue weighted by molar-refractivity contribution is 0.0739. The van der Waals surface area contributed by atoms with Gasteiger partial charge >= 0.3 is 0 Å². The van der Waals surface area contributed by atoms with Crippen LogP contribution in [-0.4, -0.2) is 17.6 Å². The minimum absolute atomic E-state index is 0.381. The van der Waals surface area contributed by atoms with Gasteiger partial charge in [-0.3, -0.25) is 0 Å². The lowest BCUT2D eigenvalue weighted by Crippen LogP contribution is -1.96. The molecule has 1 aliphatic carbocycles. The van der Waals surface area contributed by atoms with Crippen LogP contribution in [0.5, 0.6) is 0 Å². The fourth-order valence-corrected chi connectivity index (χ4v) is 0.840. The highest BCUT2D eigenvalue weighted by Crippen LogP contribution is 2.54. The van der Waals surface area contributed by atoms with Gasteiger partial charge < -0.3 is 5.11 Å². The molecule has 1 N–H and O–H groups in total. The maximum absolute atomic E-state index is 12.0. The van der Waals surface area contributed by atoms with E-state index in [0.717, 1.165) is 0 Å². The molecule has 8 heavy (non-hydrogen) atoms. The van der Waals surface area contributed by atoms with Crippen LogP contribution in [0.25, 0.3) is 0 Å². The summed E-state index contributed by atoms with van der Waals surface area (Å²) in [6.07, 6.45) is 0. The zero-order valence-corrected chi connectivity index (χ0v) is 4.56. The van der Waals surface area contributed by atoms with Crippen molar-refractivity contribution in [1.82, 2.24) is 0 Å². The summed E-state index contributed by atoms with van der Waals surface area (Å²) in [6.45, 7) is 1.06. The molecule has 1 nitrogen and oxygen atoms in total. The third-order valence-corrected chi connectivity index (χ3v) is 1.79. The van der Waals surface area contributed by atoms with E-state index < -0.39 is 17.8 Å². The molecule has 3 heteroatoms. The van der Waals surface area contributed by atoms with Gasteiger partial charge in [-0.1, -0.05) is 6.92 Å². The molecule has 1 fully saturated rings. The predicted octanol–water partition coefficient (Wildman–Crippen LogP) is 0.880. The predicted molar refractivity (Wildman–Crippen MR) is 24.7 cm³/mol. The second-order valence-electron chi connectivity index (χ2n) is 2.25. The van der Waals surface area contributed by atoms with E-state index in [1.54, 1.807) is 0 Å². The molecule has 1 saturated carbocycles. The molecule has 0 bridgehead atoms. The number of alkyl halides is 2. The summed E-state index contributed by atoms with van der Waals surface area (Å²) in [5, 5.41) is 8.23. The second kappa shape index (κ2) is 1.41. The van der Waals surface area contributed by atoms with Crippen molar-refractivity contribution in [3.8, 4) is 0 Å². The van der Waals surface area contributed by atoms with Gasteiger partial charge in [-0.2, -0.15) is 0 Å². The summed E-state index contributed by atoms with van der Waals surface area (Å²) in [4.78, 5) is 0. The normalized spacial score (nSPS) is 42.0. The van der Waals surface area contributed by atoms with Gasteiger partial charge in [0.15, 0.2) is 0 Å². The van der Waals surface area contributed by atoms with E-state index >= 15 is 0 Å². The van der Waals surface area contributed by atoms with E-state index in [1.165, 1.54) is 6.92 Å². The molecule has 0 saturated heterocycles. The first-order chi connectivity index (χ1) is 3.60. The Morgan fingerprint density at radius 2 is 2.00 bits per heavy atom. The minimum atomic E-state index is -2.57. The highest BCUT2D eigenvalue weighted by molar-refractivity contribution is 5.01. The highest BCUT2D eigenvalue weighted by atomic mass is 19.3. The van der Waals surface area contributed by atoms with Crippen molar-refractivity contribution in [3.05, 3.63) is 0 Å². The van der Waals surface area contributed by atoms with Gasteiger partial charge in [-0.15, -0.1) is 0 Å². The number of aliphatic hydroxyl groups is 1. The van der Waals surface area contributed by atoms with E-state index in [2.05, 4.69) is 0 Å². The molecule has 0 aromatic carbocycles. The van der Waals surface area contributed by atoms with Crippen LogP contribution < -0.4 is 0 Å². The summed E-state index contributed by atoms with van der Waals surface area (Å²) in [6, 6.07) is 0. The van der Waals surface area contributed by atoms with Crippen LogP contribution in [0.4, 0.5) is 8.78 Å². The summed E-state index contributed by atoms with van der Waals surface area (Å²) in [5.41, 5.74) is 0. The molecule has 0 aliphatic heterocycles. The SMILES string of the molecule is C[C@H]1[C@H](CO)C1(F)F. The fourth-order valence-electron chi connectivity index (χ4n) is 0.840. The van der Waals surface area contributed by atoms with Crippen LogP contribution in [0.1, 0.15) is 6.92 Å². The first-order valence-electron chi connectivity index (χ1n) is 2.59. The monoisotopic (exact) mass is 122 g/mol. The molecule has 0 aromatic rings. The van der Waals surface area contributed by atoms with Crippen molar-refractivity contribution in [2.75, 3.05) is 6.61 Å². The van der Waals surface area contributed by atoms with E-state index in [4.69, 9.17) is 5.11 Å². The van der Waals surface area contributed by atoms with Gasteiger partial charge in [-0.25, -0.2) is 8.78 Å². The number of aliphatic hydroxyl groups excluding tert-OH is 1.